The Kier molecular flexibility index (Phi) is 7.60. The molecule has 1 amide bonds. The molecular weight excluding hydrogens is 450 g/mol. The van der Waals surface area contributed by atoms with Crippen molar-refractivity contribution in [2.75, 3.05) is 24.3 Å². The Morgan fingerprint density at radius 3 is 2.34 bits per heavy atom. The summed E-state index contributed by atoms with van der Waals surface area (Å²) < 4.78 is 37.9. The summed E-state index contributed by atoms with van der Waals surface area (Å²) in [4.78, 5) is 17.5. The van der Waals surface area contributed by atoms with Crippen LogP contribution in [0.5, 0.6) is 11.5 Å². The van der Waals surface area contributed by atoms with Crippen molar-refractivity contribution < 1.29 is 22.7 Å². The number of nitrogens with one attached hydrogen (secondary N) is 2. The van der Waals surface area contributed by atoms with Crippen LogP contribution >= 0.6 is 11.8 Å². The fraction of sp³-hybridized carbons (Fsp3) is 0.182. The molecule has 10 heteroatoms. The highest BCUT2D eigenvalue weighted by Crippen LogP contribution is 2.33. The smallest absolute Gasteiger partial charge is 0.263 e. The summed E-state index contributed by atoms with van der Waals surface area (Å²) in [6, 6.07) is 16.3. The molecule has 1 heterocycles. The van der Waals surface area contributed by atoms with Gasteiger partial charge in [-0.2, -0.15) is 0 Å². The maximum Gasteiger partial charge on any atom is 0.263 e. The molecule has 0 spiro atoms. The molecule has 8 nitrogen and oxygen atoms in total. The molecule has 0 saturated carbocycles. The minimum absolute atomic E-state index is 0.0638. The zero-order chi connectivity index (χ0) is 23.1. The molecule has 0 aliphatic rings. The molecule has 0 radical (unpaired) electrons. The molecule has 0 saturated heterocycles. The molecule has 0 aliphatic heterocycles. The lowest BCUT2D eigenvalue weighted by molar-refractivity contribution is -0.115. The van der Waals surface area contributed by atoms with Crippen LogP contribution in [0.4, 0.5) is 11.5 Å². The number of carbonyl (C=O) groups is 1. The van der Waals surface area contributed by atoms with E-state index < -0.39 is 15.3 Å². The molecule has 0 aliphatic carbocycles. The molecule has 0 bridgehead atoms. The van der Waals surface area contributed by atoms with Crippen LogP contribution in [0.1, 0.15) is 6.92 Å². The Hall–Kier alpha value is -3.24. The van der Waals surface area contributed by atoms with Crippen molar-refractivity contribution in [1.29, 1.82) is 0 Å². The van der Waals surface area contributed by atoms with Gasteiger partial charge in [-0.1, -0.05) is 6.07 Å². The number of aromatic nitrogens is 1. The van der Waals surface area contributed by atoms with E-state index in [2.05, 4.69) is 15.0 Å². The molecular formula is C22H23N3O5S2. The Labute approximate surface area is 191 Å². The second-order valence-electron chi connectivity index (χ2n) is 6.61. The number of anilines is 2. The molecule has 32 heavy (non-hydrogen) atoms. The number of hydrogen-bond acceptors (Lipinski definition) is 7. The average Bonchev–Trinajstić information content (AvgIpc) is 2.79. The number of rotatable bonds is 9. The van der Waals surface area contributed by atoms with Crippen molar-refractivity contribution in [2.24, 2.45) is 0 Å². The fourth-order valence-electron chi connectivity index (χ4n) is 2.73. The van der Waals surface area contributed by atoms with E-state index in [1.807, 2.05) is 12.1 Å². The lowest BCUT2D eigenvalue weighted by atomic mass is 10.3. The van der Waals surface area contributed by atoms with Gasteiger partial charge in [-0.05, 0) is 61.5 Å². The molecule has 168 valence electrons. The molecule has 3 rings (SSSR count). The zero-order valence-corrected chi connectivity index (χ0v) is 19.4. The van der Waals surface area contributed by atoms with E-state index in [1.54, 1.807) is 57.5 Å². The van der Waals surface area contributed by atoms with E-state index in [0.717, 1.165) is 4.90 Å². The first-order valence-electron chi connectivity index (χ1n) is 9.56. The van der Waals surface area contributed by atoms with Crippen molar-refractivity contribution in [3.63, 3.8) is 0 Å². The van der Waals surface area contributed by atoms with Gasteiger partial charge in [0.15, 0.2) is 11.5 Å². The van der Waals surface area contributed by atoms with Crippen LogP contribution in [0, 0.1) is 0 Å². The van der Waals surface area contributed by atoms with Gasteiger partial charge >= 0.3 is 0 Å². The van der Waals surface area contributed by atoms with Gasteiger partial charge in [-0.25, -0.2) is 13.4 Å². The van der Waals surface area contributed by atoms with Gasteiger partial charge in [0, 0.05) is 16.8 Å². The number of ether oxygens (including phenoxy) is 2. The predicted octanol–water partition coefficient (Wildman–Crippen LogP) is 4.02. The number of hydrogen-bond donors (Lipinski definition) is 2. The summed E-state index contributed by atoms with van der Waals surface area (Å²) in [6.45, 7) is 1.78. The van der Waals surface area contributed by atoms with Gasteiger partial charge in [0.25, 0.3) is 10.0 Å². The van der Waals surface area contributed by atoms with Gasteiger partial charge in [0.2, 0.25) is 5.91 Å². The normalized spacial score (nSPS) is 12.0. The first-order valence-corrected chi connectivity index (χ1v) is 11.9. The summed E-state index contributed by atoms with van der Waals surface area (Å²) >= 11 is 1.37. The van der Waals surface area contributed by atoms with Crippen LogP contribution in [0.3, 0.4) is 0 Å². The highest BCUT2D eigenvalue weighted by Gasteiger charge is 2.18. The summed E-state index contributed by atoms with van der Waals surface area (Å²) in [5.41, 5.74) is 0.492. The molecule has 1 atom stereocenters. The highest BCUT2D eigenvalue weighted by molar-refractivity contribution is 8.00. The molecule has 3 aromatic rings. The Balaban J connectivity index is 1.63. The number of carbonyl (C=O) groups excluding carboxylic acids is 1. The predicted molar refractivity (Wildman–Crippen MR) is 125 cm³/mol. The number of amides is 1. The van der Waals surface area contributed by atoms with Crippen LogP contribution in [-0.4, -0.2) is 38.8 Å². The molecule has 1 aromatic heterocycles. The summed E-state index contributed by atoms with van der Waals surface area (Å²) in [5, 5.41) is 2.40. The van der Waals surface area contributed by atoms with Crippen LogP contribution < -0.4 is 19.5 Å². The average molecular weight is 474 g/mol. The van der Waals surface area contributed by atoms with Gasteiger partial charge in [-0.3, -0.25) is 9.52 Å². The standard InChI is InChI=1S/C22H23N3O5S2/c1-15(31-17-9-12-19(29-2)20(14-17)30-3)22(26)24-16-7-10-18(11-8-16)32(27,28)25-21-6-4-5-13-23-21/h4-15H,1-3H3,(H,23,25)(H,24,26). The maximum absolute atomic E-state index is 12.6. The Morgan fingerprint density at radius 2 is 1.72 bits per heavy atom. The summed E-state index contributed by atoms with van der Waals surface area (Å²) in [7, 11) is -0.664. The SMILES string of the molecule is COc1ccc(SC(C)C(=O)Nc2ccc(S(=O)(=O)Nc3ccccn3)cc2)cc1OC. The Morgan fingerprint density at radius 1 is 1.00 bits per heavy atom. The van der Waals surface area contributed by atoms with Gasteiger partial charge in [0.1, 0.15) is 5.82 Å². The number of methoxy groups -OCH3 is 2. The van der Waals surface area contributed by atoms with Crippen LogP contribution in [0.15, 0.2) is 76.7 Å². The quantitative estimate of drug-likeness (QED) is 0.452. The number of pyridine rings is 1. The number of sulfonamides is 1. The summed E-state index contributed by atoms with van der Waals surface area (Å²) in [6.07, 6.45) is 1.50. The van der Waals surface area contributed by atoms with E-state index in [1.165, 1.54) is 30.1 Å². The van der Waals surface area contributed by atoms with E-state index in [9.17, 15) is 13.2 Å². The fourth-order valence-corrected chi connectivity index (χ4v) is 4.63. The third-order valence-corrected chi connectivity index (χ3v) is 6.84. The van der Waals surface area contributed by atoms with Gasteiger partial charge in [-0.15, -0.1) is 11.8 Å². The van der Waals surface area contributed by atoms with Gasteiger partial charge < -0.3 is 14.8 Å². The van der Waals surface area contributed by atoms with Crippen molar-refractivity contribution in [1.82, 2.24) is 4.98 Å². The highest BCUT2D eigenvalue weighted by atomic mass is 32.2. The third-order valence-electron chi connectivity index (χ3n) is 4.37. The van der Waals surface area contributed by atoms with Crippen LogP contribution in [0.2, 0.25) is 0 Å². The molecule has 2 N–H and O–H groups in total. The Bertz CT molecular complexity index is 1170. The number of nitrogens with zero attached hydrogens (tertiary/aromatic N) is 1. The number of thioether (sulfide) groups is 1. The monoisotopic (exact) mass is 473 g/mol. The molecule has 2 aromatic carbocycles. The third kappa shape index (κ3) is 5.92. The van der Waals surface area contributed by atoms with Crippen LogP contribution in [0.25, 0.3) is 0 Å². The minimum atomic E-state index is -3.78. The second-order valence-corrected chi connectivity index (χ2v) is 9.71. The van der Waals surface area contributed by atoms with Crippen molar-refractivity contribution >= 4 is 39.2 Å². The van der Waals surface area contributed by atoms with Crippen molar-refractivity contribution in [2.45, 2.75) is 22.0 Å². The van der Waals surface area contributed by atoms with E-state index in [-0.39, 0.29) is 16.6 Å². The topological polar surface area (TPSA) is 107 Å². The van der Waals surface area contributed by atoms with E-state index >= 15 is 0 Å². The van der Waals surface area contributed by atoms with Crippen molar-refractivity contribution in [3.05, 3.63) is 66.9 Å². The van der Waals surface area contributed by atoms with Crippen LogP contribution in [-0.2, 0) is 14.8 Å². The first-order chi connectivity index (χ1) is 15.3. The van der Waals surface area contributed by atoms with Gasteiger partial charge in [0.05, 0.1) is 24.4 Å². The molecule has 0 fully saturated rings. The lowest BCUT2D eigenvalue weighted by Crippen LogP contribution is -2.22. The number of benzene rings is 2. The largest absolute Gasteiger partial charge is 0.493 e. The minimum Gasteiger partial charge on any atom is -0.493 e. The van der Waals surface area contributed by atoms with E-state index in [0.29, 0.717) is 17.2 Å². The second kappa shape index (κ2) is 10.4. The maximum atomic E-state index is 12.6. The van der Waals surface area contributed by atoms with E-state index in [4.69, 9.17) is 9.47 Å². The summed E-state index contributed by atoms with van der Waals surface area (Å²) in [5.74, 6) is 1.21. The first kappa shape index (κ1) is 23.4. The zero-order valence-electron chi connectivity index (χ0n) is 17.7. The lowest BCUT2D eigenvalue weighted by Gasteiger charge is -2.14. The van der Waals surface area contributed by atoms with Crippen molar-refractivity contribution in [3.8, 4) is 11.5 Å². The molecule has 1 unspecified atom stereocenters.